The van der Waals surface area contributed by atoms with Crippen molar-refractivity contribution >= 4 is 65.6 Å². The van der Waals surface area contributed by atoms with Gasteiger partial charge in [0.25, 0.3) is 0 Å². The van der Waals surface area contributed by atoms with Crippen molar-refractivity contribution < 1.29 is 9.13 Å². The number of rotatable bonds is 8. The van der Waals surface area contributed by atoms with Crippen LogP contribution in [0.3, 0.4) is 0 Å². The van der Waals surface area contributed by atoms with Gasteiger partial charge in [-0.05, 0) is 24.3 Å². The van der Waals surface area contributed by atoms with Crippen molar-refractivity contribution in [3.8, 4) is 0 Å². The molecule has 0 unspecified atom stereocenters. The second-order valence-electron chi connectivity index (χ2n) is 9.20. The fourth-order valence-electron chi connectivity index (χ4n) is 4.83. The number of aromatic nitrogens is 4. The SMILES string of the molecule is COCCN1CCN(CCn2cc3c(ccc4c3sc3ncnc(Nc5ccc(F)c(Cl)c5)c34)n2)CC1. The standard InChI is InChI=1S/C26H27ClFN7OS/c1-36-13-12-34-8-6-33(7-9-34)10-11-35-15-19-22(32-35)5-3-18-23-25(29-16-30-26(23)37-24(18)19)31-17-2-4-21(28)20(27)14-17/h2-5,14-16H,6-13H2,1H3,(H,29,30,31). The van der Waals surface area contributed by atoms with E-state index < -0.39 is 5.82 Å². The van der Waals surface area contributed by atoms with Gasteiger partial charge in [-0.25, -0.2) is 14.4 Å². The van der Waals surface area contributed by atoms with Crippen LogP contribution in [-0.4, -0.2) is 82.5 Å². The maximum absolute atomic E-state index is 13.6. The Bertz CT molecular complexity index is 1560. The van der Waals surface area contributed by atoms with Gasteiger partial charge in [0.1, 0.15) is 22.8 Å². The number of hydrogen-bond acceptors (Lipinski definition) is 8. The number of hydrogen-bond donors (Lipinski definition) is 1. The second-order valence-corrected chi connectivity index (χ2v) is 10.6. The van der Waals surface area contributed by atoms with E-state index in [0.29, 0.717) is 11.5 Å². The smallest absolute Gasteiger partial charge is 0.143 e. The first-order valence-corrected chi connectivity index (χ1v) is 13.5. The topological polar surface area (TPSA) is 71.3 Å². The highest BCUT2D eigenvalue weighted by atomic mass is 35.5. The zero-order chi connectivity index (χ0) is 25.4. The number of fused-ring (bicyclic) bond motifs is 5. The summed E-state index contributed by atoms with van der Waals surface area (Å²) in [6, 6.07) is 8.68. The highest BCUT2D eigenvalue weighted by Crippen LogP contribution is 2.40. The van der Waals surface area contributed by atoms with E-state index in [1.54, 1.807) is 36.9 Å². The predicted octanol–water partition coefficient (Wildman–Crippen LogP) is 4.99. The van der Waals surface area contributed by atoms with Gasteiger partial charge < -0.3 is 10.1 Å². The van der Waals surface area contributed by atoms with Gasteiger partial charge in [0.15, 0.2) is 0 Å². The first-order chi connectivity index (χ1) is 18.1. The average Bonchev–Trinajstić information content (AvgIpc) is 3.50. The van der Waals surface area contributed by atoms with Gasteiger partial charge in [0.2, 0.25) is 0 Å². The van der Waals surface area contributed by atoms with Crippen LogP contribution in [0.5, 0.6) is 0 Å². The Kier molecular flexibility index (Phi) is 6.92. The molecule has 0 aliphatic carbocycles. The minimum Gasteiger partial charge on any atom is -0.383 e. The number of halogens is 2. The Morgan fingerprint density at radius 2 is 1.84 bits per heavy atom. The molecule has 0 radical (unpaired) electrons. The summed E-state index contributed by atoms with van der Waals surface area (Å²) in [6.45, 7) is 7.90. The molecule has 1 aliphatic rings. The minimum absolute atomic E-state index is 0.0626. The lowest BCUT2D eigenvalue weighted by molar-refractivity contribution is 0.0949. The molecule has 1 aliphatic heterocycles. The molecule has 11 heteroatoms. The van der Waals surface area contributed by atoms with Gasteiger partial charge in [-0.1, -0.05) is 17.7 Å². The van der Waals surface area contributed by atoms with Gasteiger partial charge in [0, 0.05) is 73.7 Å². The van der Waals surface area contributed by atoms with E-state index in [4.69, 9.17) is 21.4 Å². The molecule has 0 spiro atoms. The Balaban J connectivity index is 1.23. The molecule has 0 amide bonds. The van der Waals surface area contributed by atoms with Crippen LogP contribution in [0.25, 0.3) is 31.2 Å². The molecule has 6 rings (SSSR count). The van der Waals surface area contributed by atoms with E-state index in [2.05, 4.69) is 48.1 Å². The lowest BCUT2D eigenvalue weighted by Crippen LogP contribution is -2.47. The van der Waals surface area contributed by atoms with Gasteiger partial charge >= 0.3 is 0 Å². The maximum Gasteiger partial charge on any atom is 0.143 e. The lowest BCUT2D eigenvalue weighted by atomic mass is 10.1. The molecule has 37 heavy (non-hydrogen) atoms. The summed E-state index contributed by atoms with van der Waals surface area (Å²) in [4.78, 5) is 14.8. The summed E-state index contributed by atoms with van der Waals surface area (Å²) in [5, 5.41) is 11.3. The Morgan fingerprint density at radius 3 is 2.62 bits per heavy atom. The third-order valence-corrected chi connectivity index (χ3v) is 8.31. The fourth-order valence-corrected chi connectivity index (χ4v) is 6.16. The molecule has 1 fully saturated rings. The Hall–Kier alpha value is -2.89. The average molecular weight is 540 g/mol. The van der Waals surface area contributed by atoms with E-state index in [-0.39, 0.29) is 5.02 Å². The molecule has 192 valence electrons. The Labute approximate surface area is 222 Å². The number of methoxy groups -OCH3 is 1. The van der Waals surface area contributed by atoms with Gasteiger partial charge in [-0.15, -0.1) is 11.3 Å². The van der Waals surface area contributed by atoms with Gasteiger partial charge in [-0.2, -0.15) is 5.10 Å². The van der Waals surface area contributed by atoms with E-state index >= 15 is 0 Å². The first-order valence-electron chi connectivity index (χ1n) is 12.3. The van der Waals surface area contributed by atoms with Gasteiger partial charge in [0.05, 0.1) is 29.1 Å². The van der Waals surface area contributed by atoms with Crippen molar-refractivity contribution in [3.05, 3.63) is 53.7 Å². The molecular formula is C26H27ClFN7OS. The zero-order valence-corrected chi connectivity index (χ0v) is 22.0. The zero-order valence-electron chi connectivity index (χ0n) is 20.5. The van der Waals surface area contributed by atoms with Crippen molar-refractivity contribution in [3.63, 3.8) is 0 Å². The highest BCUT2D eigenvalue weighted by Gasteiger charge is 2.18. The van der Waals surface area contributed by atoms with Crippen LogP contribution >= 0.6 is 22.9 Å². The molecule has 8 nitrogen and oxygen atoms in total. The number of piperazine rings is 1. The van der Waals surface area contributed by atoms with Crippen LogP contribution in [0.2, 0.25) is 5.02 Å². The molecular weight excluding hydrogens is 513 g/mol. The maximum atomic E-state index is 13.6. The van der Waals surface area contributed by atoms with Gasteiger partial charge in [-0.3, -0.25) is 14.5 Å². The number of nitrogens with one attached hydrogen (secondary N) is 1. The van der Waals surface area contributed by atoms with Crippen LogP contribution in [0.15, 0.2) is 42.9 Å². The first kappa shape index (κ1) is 24.4. The summed E-state index contributed by atoms with van der Waals surface area (Å²) in [5.74, 6) is 0.208. The molecule has 3 aromatic heterocycles. The lowest BCUT2D eigenvalue weighted by Gasteiger charge is -2.34. The summed E-state index contributed by atoms with van der Waals surface area (Å²) < 4.78 is 22.0. The van der Waals surface area contributed by atoms with E-state index in [1.807, 2.05) is 0 Å². The van der Waals surface area contributed by atoms with Crippen molar-refractivity contribution in [2.75, 3.05) is 58.3 Å². The third-order valence-electron chi connectivity index (χ3n) is 6.87. The quantitative estimate of drug-likeness (QED) is 0.298. The normalized spacial score (nSPS) is 15.3. The molecule has 0 saturated carbocycles. The molecule has 1 N–H and O–H groups in total. The molecule has 2 aromatic carbocycles. The second kappa shape index (κ2) is 10.5. The van der Waals surface area contributed by atoms with E-state index in [9.17, 15) is 4.39 Å². The molecule has 1 saturated heterocycles. The van der Waals surface area contributed by atoms with Crippen LogP contribution in [-0.2, 0) is 11.3 Å². The predicted molar refractivity (Wildman–Crippen MR) is 148 cm³/mol. The van der Waals surface area contributed by atoms with Crippen LogP contribution in [0.4, 0.5) is 15.9 Å². The molecule has 0 bridgehead atoms. The number of ether oxygens (including phenoxy) is 1. The fraction of sp³-hybridized carbons (Fsp3) is 0.346. The molecule has 4 heterocycles. The minimum atomic E-state index is -0.454. The molecule has 0 atom stereocenters. The van der Waals surface area contributed by atoms with Crippen molar-refractivity contribution in [2.24, 2.45) is 0 Å². The third kappa shape index (κ3) is 4.99. The number of thiophene rings is 1. The number of anilines is 2. The number of benzene rings is 2. The van der Waals surface area contributed by atoms with Crippen LogP contribution in [0, 0.1) is 5.82 Å². The van der Waals surface area contributed by atoms with Crippen molar-refractivity contribution in [1.29, 1.82) is 0 Å². The van der Waals surface area contributed by atoms with Crippen molar-refractivity contribution in [2.45, 2.75) is 6.54 Å². The Morgan fingerprint density at radius 1 is 1.03 bits per heavy atom. The van der Waals surface area contributed by atoms with Crippen LogP contribution < -0.4 is 5.32 Å². The van der Waals surface area contributed by atoms with E-state index in [1.165, 1.54) is 6.07 Å². The van der Waals surface area contributed by atoms with Crippen LogP contribution in [0.1, 0.15) is 0 Å². The summed E-state index contributed by atoms with van der Waals surface area (Å²) >= 11 is 7.61. The van der Waals surface area contributed by atoms with E-state index in [0.717, 1.165) is 83.6 Å². The number of nitrogens with zero attached hydrogens (tertiary/aromatic N) is 6. The molecule has 5 aromatic rings. The summed E-state index contributed by atoms with van der Waals surface area (Å²) in [5.41, 5.74) is 1.63. The summed E-state index contributed by atoms with van der Waals surface area (Å²) in [6.07, 6.45) is 3.68. The van der Waals surface area contributed by atoms with Crippen molar-refractivity contribution in [1.82, 2.24) is 29.5 Å². The highest BCUT2D eigenvalue weighted by molar-refractivity contribution is 7.26. The largest absolute Gasteiger partial charge is 0.383 e. The monoisotopic (exact) mass is 539 g/mol. The summed E-state index contributed by atoms with van der Waals surface area (Å²) in [7, 11) is 1.75.